The standard InChI is InChI=1S/C20H22N2O5S/c1-4-15-7-5-6-13(2)19(15)21-18(23)12-27-20(24)14(3)28-17-10-8-16(9-11-17)22(25)26/h5-11,14H,4,12H2,1-3H3,(H,21,23)/t14-/m1/s1. The number of nitro benzene ring substituents is 1. The van der Waals surface area contributed by atoms with Crippen molar-refractivity contribution in [3.8, 4) is 0 Å². The monoisotopic (exact) mass is 402 g/mol. The number of nitrogens with zero attached hydrogens (tertiary/aromatic N) is 1. The van der Waals surface area contributed by atoms with Crippen LogP contribution < -0.4 is 5.32 Å². The zero-order valence-corrected chi connectivity index (χ0v) is 16.7. The predicted octanol–water partition coefficient (Wildman–Crippen LogP) is 4.13. The molecule has 28 heavy (non-hydrogen) atoms. The van der Waals surface area contributed by atoms with Crippen molar-refractivity contribution in [1.29, 1.82) is 0 Å². The van der Waals surface area contributed by atoms with Crippen LogP contribution in [-0.4, -0.2) is 28.7 Å². The second-order valence-electron chi connectivity index (χ2n) is 6.13. The van der Waals surface area contributed by atoms with Gasteiger partial charge in [0.15, 0.2) is 6.61 Å². The van der Waals surface area contributed by atoms with Gasteiger partial charge in [-0.05, 0) is 43.5 Å². The van der Waals surface area contributed by atoms with Crippen LogP contribution in [-0.2, 0) is 20.7 Å². The number of nitro groups is 1. The highest BCUT2D eigenvalue weighted by Crippen LogP contribution is 2.26. The highest BCUT2D eigenvalue weighted by Gasteiger charge is 2.18. The van der Waals surface area contributed by atoms with E-state index < -0.39 is 22.0 Å². The Bertz CT molecular complexity index is 867. The van der Waals surface area contributed by atoms with Crippen molar-refractivity contribution >= 4 is 35.0 Å². The van der Waals surface area contributed by atoms with E-state index in [1.54, 1.807) is 19.1 Å². The van der Waals surface area contributed by atoms with Gasteiger partial charge in [0.2, 0.25) is 0 Å². The highest BCUT2D eigenvalue weighted by atomic mass is 32.2. The van der Waals surface area contributed by atoms with Crippen LogP contribution >= 0.6 is 11.8 Å². The fourth-order valence-corrected chi connectivity index (χ4v) is 3.40. The lowest BCUT2D eigenvalue weighted by molar-refractivity contribution is -0.384. The minimum absolute atomic E-state index is 0.0149. The van der Waals surface area contributed by atoms with Gasteiger partial charge in [0.1, 0.15) is 5.25 Å². The van der Waals surface area contributed by atoms with Crippen molar-refractivity contribution in [3.05, 3.63) is 63.7 Å². The van der Waals surface area contributed by atoms with Crippen LogP contribution in [0.15, 0.2) is 47.4 Å². The lowest BCUT2D eigenvalue weighted by Gasteiger charge is -2.14. The maximum Gasteiger partial charge on any atom is 0.319 e. The summed E-state index contributed by atoms with van der Waals surface area (Å²) >= 11 is 1.21. The Kier molecular flexibility index (Phi) is 7.57. The molecule has 2 rings (SSSR count). The molecule has 0 fully saturated rings. The fraction of sp³-hybridized carbons (Fsp3) is 0.300. The van der Waals surface area contributed by atoms with Crippen LogP contribution in [0, 0.1) is 17.0 Å². The average molecular weight is 402 g/mol. The molecule has 0 saturated carbocycles. The van der Waals surface area contributed by atoms with Crippen molar-refractivity contribution in [2.45, 2.75) is 37.3 Å². The van der Waals surface area contributed by atoms with Crippen LogP contribution in [0.5, 0.6) is 0 Å². The Morgan fingerprint density at radius 1 is 1.21 bits per heavy atom. The van der Waals surface area contributed by atoms with Crippen molar-refractivity contribution < 1.29 is 19.2 Å². The Morgan fingerprint density at radius 2 is 1.89 bits per heavy atom. The molecule has 2 aromatic rings. The first-order valence-corrected chi connectivity index (χ1v) is 9.65. The van der Waals surface area contributed by atoms with Gasteiger partial charge in [-0.3, -0.25) is 19.7 Å². The number of carbonyl (C=O) groups is 2. The number of carbonyl (C=O) groups excluding carboxylic acids is 2. The SMILES string of the molecule is CCc1cccc(C)c1NC(=O)COC(=O)[C@@H](C)Sc1ccc([N+](=O)[O-])cc1. The molecule has 0 aliphatic heterocycles. The van der Waals surface area contributed by atoms with E-state index in [1.165, 1.54) is 23.9 Å². The van der Waals surface area contributed by atoms with Gasteiger partial charge in [-0.1, -0.05) is 25.1 Å². The minimum Gasteiger partial charge on any atom is -0.455 e. The molecular formula is C20H22N2O5S. The Morgan fingerprint density at radius 3 is 2.50 bits per heavy atom. The number of aryl methyl sites for hydroxylation is 2. The molecule has 1 amide bonds. The Hall–Kier alpha value is -2.87. The molecular weight excluding hydrogens is 380 g/mol. The maximum atomic E-state index is 12.2. The number of non-ortho nitro benzene ring substituents is 1. The summed E-state index contributed by atoms with van der Waals surface area (Å²) in [6.07, 6.45) is 0.778. The highest BCUT2D eigenvalue weighted by molar-refractivity contribution is 8.00. The molecule has 0 saturated heterocycles. The topological polar surface area (TPSA) is 98.5 Å². The van der Waals surface area contributed by atoms with E-state index >= 15 is 0 Å². The van der Waals surface area contributed by atoms with E-state index in [-0.39, 0.29) is 12.3 Å². The lowest BCUT2D eigenvalue weighted by atomic mass is 10.1. The third-order valence-corrected chi connectivity index (χ3v) is 5.13. The molecule has 0 aliphatic carbocycles. The first-order chi connectivity index (χ1) is 13.3. The van der Waals surface area contributed by atoms with E-state index in [0.717, 1.165) is 23.2 Å². The summed E-state index contributed by atoms with van der Waals surface area (Å²) in [5.74, 6) is -0.927. The molecule has 0 heterocycles. The molecule has 7 nitrogen and oxygen atoms in total. The first kappa shape index (κ1) is 21.4. The molecule has 0 aromatic heterocycles. The molecule has 0 aliphatic rings. The number of hydrogen-bond acceptors (Lipinski definition) is 6. The number of esters is 1. The zero-order valence-electron chi connectivity index (χ0n) is 15.9. The number of benzene rings is 2. The third kappa shape index (κ3) is 5.82. The number of nitrogens with one attached hydrogen (secondary N) is 1. The summed E-state index contributed by atoms with van der Waals surface area (Å²) < 4.78 is 5.11. The largest absolute Gasteiger partial charge is 0.455 e. The van der Waals surface area contributed by atoms with E-state index in [4.69, 9.17) is 4.74 Å². The van der Waals surface area contributed by atoms with E-state index in [9.17, 15) is 19.7 Å². The van der Waals surface area contributed by atoms with Gasteiger partial charge in [0.05, 0.1) is 4.92 Å². The summed E-state index contributed by atoms with van der Waals surface area (Å²) in [6, 6.07) is 11.7. The molecule has 0 bridgehead atoms. The number of para-hydroxylation sites is 1. The fourth-order valence-electron chi connectivity index (χ4n) is 2.53. The molecule has 0 spiro atoms. The quantitative estimate of drug-likeness (QED) is 0.309. The average Bonchev–Trinajstić information content (AvgIpc) is 2.68. The third-order valence-electron chi connectivity index (χ3n) is 4.04. The van der Waals surface area contributed by atoms with E-state index in [0.29, 0.717) is 4.90 Å². The summed E-state index contributed by atoms with van der Waals surface area (Å²) in [6.45, 7) is 5.19. The van der Waals surface area contributed by atoms with Crippen LogP contribution in [0.25, 0.3) is 0 Å². The Labute approximate surface area is 167 Å². The lowest BCUT2D eigenvalue weighted by Crippen LogP contribution is -2.25. The number of rotatable bonds is 8. The summed E-state index contributed by atoms with van der Waals surface area (Å²) in [5.41, 5.74) is 2.70. The van der Waals surface area contributed by atoms with Gasteiger partial charge in [-0.2, -0.15) is 0 Å². The van der Waals surface area contributed by atoms with E-state index in [2.05, 4.69) is 5.32 Å². The molecule has 2 aromatic carbocycles. The molecule has 0 unspecified atom stereocenters. The van der Waals surface area contributed by atoms with Gasteiger partial charge < -0.3 is 10.1 Å². The summed E-state index contributed by atoms with van der Waals surface area (Å²) in [5, 5.41) is 12.9. The van der Waals surface area contributed by atoms with Crippen LogP contribution in [0.1, 0.15) is 25.0 Å². The predicted molar refractivity (Wildman–Crippen MR) is 109 cm³/mol. The molecule has 8 heteroatoms. The van der Waals surface area contributed by atoms with Gasteiger partial charge in [-0.15, -0.1) is 11.8 Å². The van der Waals surface area contributed by atoms with Crippen molar-refractivity contribution in [2.24, 2.45) is 0 Å². The van der Waals surface area contributed by atoms with Crippen molar-refractivity contribution in [3.63, 3.8) is 0 Å². The van der Waals surface area contributed by atoms with Gasteiger partial charge in [0.25, 0.3) is 11.6 Å². The van der Waals surface area contributed by atoms with Crippen LogP contribution in [0.3, 0.4) is 0 Å². The summed E-state index contributed by atoms with van der Waals surface area (Å²) in [7, 11) is 0. The minimum atomic E-state index is -0.557. The first-order valence-electron chi connectivity index (χ1n) is 8.78. The number of anilines is 1. The molecule has 148 valence electrons. The number of thioether (sulfide) groups is 1. The molecule has 1 atom stereocenters. The van der Waals surface area contributed by atoms with Gasteiger partial charge >= 0.3 is 5.97 Å². The second kappa shape index (κ2) is 9.89. The number of amides is 1. The smallest absolute Gasteiger partial charge is 0.319 e. The van der Waals surface area contributed by atoms with Crippen LogP contribution in [0.4, 0.5) is 11.4 Å². The molecule has 1 N–H and O–H groups in total. The molecule has 0 radical (unpaired) electrons. The van der Waals surface area contributed by atoms with Gasteiger partial charge in [-0.25, -0.2) is 0 Å². The normalized spacial score (nSPS) is 11.5. The summed E-state index contributed by atoms with van der Waals surface area (Å²) in [4.78, 5) is 35.2. The second-order valence-corrected chi connectivity index (χ2v) is 7.54. The van der Waals surface area contributed by atoms with Crippen LogP contribution in [0.2, 0.25) is 0 Å². The Balaban J connectivity index is 1.87. The van der Waals surface area contributed by atoms with Crippen molar-refractivity contribution in [2.75, 3.05) is 11.9 Å². The van der Waals surface area contributed by atoms with E-state index in [1.807, 2.05) is 32.0 Å². The number of hydrogen-bond donors (Lipinski definition) is 1. The van der Waals surface area contributed by atoms with Gasteiger partial charge in [0, 0.05) is 22.7 Å². The zero-order chi connectivity index (χ0) is 20.7. The number of ether oxygens (including phenoxy) is 1. The maximum absolute atomic E-state index is 12.2. The van der Waals surface area contributed by atoms with Crippen molar-refractivity contribution in [1.82, 2.24) is 0 Å².